The van der Waals surface area contributed by atoms with Crippen LogP contribution < -0.4 is 0 Å². The van der Waals surface area contributed by atoms with Gasteiger partial charge in [-0.25, -0.2) is 0 Å². The molecule has 10 heteroatoms. The van der Waals surface area contributed by atoms with Gasteiger partial charge in [-0.2, -0.15) is 26.3 Å². The summed E-state index contributed by atoms with van der Waals surface area (Å²) in [4.78, 5) is 12.1. The van der Waals surface area contributed by atoms with E-state index in [2.05, 4.69) is 0 Å². The summed E-state index contributed by atoms with van der Waals surface area (Å²) in [5, 5.41) is 9.69. The van der Waals surface area contributed by atoms with Crippen molar-refractivity contribution in [2.24, 2.45) is 5.41 Å². The van der Waals surface area contributed by atoms with Gasteiger partial charge >= 0.3 is 18.3 Å². The molecule has 0 aliphatic heterocycles. The van der Waals surface area contributed by atoms with E-state index in [0.29, 0.717) is 0 Å². The third-order valence-corrected chi connectivity index (χ3v) is 5.97. The largest absolute Gasteiger partial charge is 0.455 e. The molecule has 0 saturated heterocycles. The van der Waals surface area contributed by atoms with Gasteiger partial charge in [0.05, 0.1) is 5.41 Å². The van der Waals surface area contributed by atoms with Crippen molar-refractivity contribution in [1.82, 2.24) is 0 Å². The summed E-state index contributed by atoms with van der Waals surface area (Å²) in [5.41, 5.74) is -9.42. The maximum absolute atomic E-state index is 13.2. The van der Waals surface area contributed by atoms with Crippen molar-refractivity contribution in [3.63, 3.8) is 0 Å². The van der Waals surface area contributed by atoms with E-state index in [-0.39, 0.29) is 17.3 Å². The smallest absolute Gasteiger partial charge is 0.430 e. The molecule has 0 aromatic heterocycles. The second-order valence-corrected chi connectivity index (χ2v) is 7.08. The van der Waals surface area contributed by atoms with E-state index in [1.54, 1.807) is 22.6 Å². The van der Waals surface area contributed by atoms with E-state index in [9.17, 15) is 36.2 Å². The van der Waals surface area contributed by atoms with Crippen LogP contribution in [-0.4, -0.2) is 39.1 Å². The van der Waals surface area contributed by atoms with Gasteiger partial charge in [-0.05, 0) is 39.5 Å². The molecule has 0 radical (unpaired) electrons. The van der Waals surface area contributed by atoms with Gasteiger partial charge in [-0.15, -0.1) is 0 Å². The Balaban J connectivity index is 3.40. The van der Waals surface area contributed by atoms with Crippen LogP contribution >= 0.6 is 22.6 Å². The number of ether oxygens (including phenoxy) is 1. The maximum Gasteiger partial charge on any atom is 0.430 e. The Kier molecular flexibility index (Phi) is 5.63. The molecule has 0 spiro atoms. The number of carbonyl (C=O) groups excluding carboxylic acids is 1. The Morgan fingerprint density at radius 1 is 1.09 bits per heavy atom. The average molecular weight is 462 g/mol. The summed E-state index contributed by atoms with van der Waals surface area (Å²) < 4.78 is 83.9. The summed E-state index contributed by atoms with van der Waals surface area (Å²) in [6.07, 6.45) is -13.5. The van der Waals surface area contributed by atoms with Gasteiger partial charge in [-0.3, -0.25) is 4.79 Å². The van der Waals surface area contributed by atoms with Crippen molar-refractivity contribution >= 4 is 28.6 Å². The third-order valence-electron chi connectivity index (χ3n) is 4.07. The second-order valence-electron chi connectivity index (χ2n) is 6.31. The van der Waals surface area contributed by atoms with Gasteiger partial charge in [0.2, 0.25) is 0 Å². The SMILES string of the molecule is CC(C)(CI)C(=O)OC1(C(O)(C(F)(F)F)C(F)(F)F)CCCC1. The van der Waals surface area contributed by atoms with Gasteiger partial charge < -0.3 is 9.84 Å². The number of esters is 1. The molecule has 3 nitrogen and oxygen atoms in total. The Morgan fingerprint density at radius 2 is 1.48 bits per heavy atom. The molecule has 0 atom stereocenters. The molecule has 136 valence electrons. The summed E-state index contributed by atoms with van der Waals surface area (Å²) in [6.45, 7) is 2.70. The molecule has 1 aliphatic rings. The second kappa shape index (κ2) is 6.23. The fourth-order valence-electron chi connectivity index (χ4n) is 2.53. The van der Waals surface area contributed by atoms with Gasteiger partial charge in [0, 0.05) is 4.43 Å². The molecule has 1 N–H and O–H groups in total. The normalized spacial score (nSPS) is 19.7. The topological polar surface area (TPSA) is 46.5 Å². The van der Waals surface area contributed by atoms with Crippen LogP contribution in [0.4, 0.5) is 26.3 Å². The monoisotopic (exact) mass is 462 g/mol. The number of aliphatic hydroxyl groups is 1. The predicted octanol–water partition coefficient (Wildman–Crippen LogP) is 4.16. The maximum atomic E-state index is 13.2. The lowest BCUT2D eigenvalue weighted by atomic mass is 9.79. The minimum Gasteiger partial charge on any atom is -0.455 e. The number of hydrogen-bond acceptors (Lipinski definition) is 3. The first kappa shape index (κ1) is 20.8. The molecule has 1 saturated carbocycles. The standard InChI is InChI=1S/C13H17F6IO3/c1-9(2,7-20)8(21)23-10(5-3-4-6-10)11(22,12(14,15)16)13(17,18)19/h22H,3-7H2,1-2H3. The van der Waals surface area contributed by atoms with Gasteiger partial charge in [0.15, 0.2) is 5.60 Å². The van der Waals surface area contributed by atoms with Gasteiger partial charge in [0.1, 0.15) is 0 Å². The highest BCUT2D eigenvalue weighted by atomic mass is 127. The Hall–Kier alpha value is -0.260. The van der Waals surface area contributed by atoms with Crippen molar-refractivity contribution in [2.45, 2.75) is 63.1 Å². The highest BCUT2D eigenvalue weighted by Crippen LogP contribution is 2.56. The van der Waals surface area contributed by atoms with Crippen LogP contribution in [0.3, 0.4) is 0 Å². The first-order valence-electron chi connectivity index (χ1n) is 6.80. The molecule has 0 heterocycles. The van der Waals surface area contributed by atoms with Crippen LogP contribution in [0.2, 0.25) is 0 Å². The van der Waals surface area contributed by atoms with E-state index in [0.717, 1.165) is 0 Å². The zero-order valence-corrected chi connectivity index (χ0v) is 14.6. The number of rotatable bonds is 4. The molecule has 0 bridgehead atoms. The zero-order chi connectivity index (χ0) is 18.3. The summed E-state index contributed by atoms with van der Waals surface area (Å²) in [6, 6.07) is 0. The molecule has 1 aliphatic carbocycles. The van der Waals surface area contributed by atoms with E-state index < -0.39 is 47.8 Å². The molecule has 1 fully saturated rings. The van der Waals surface area contributed by atoms with E-state index >= 15 is 0 Å². The van der Waals surface area contributed by atoms with Crippen molar-refractivity contribution in [2.75, 3.05) is 4.43 Å². The molecule has 0 aromatic rings. The Bertz CT molecular complexity index is 438. The highest BCUT2D eigenvalue weighted by Gasteiger charge is 2.81. The van der Waals surface area contributed by atoms with Crippen LogP contribution in [0.25, 0.3) is 0 Å². The third kappa shape index (κ3) is 3.42. The fraction of sp³-hybridized carbons (Fsp3) is 0.923. The number of alkyl halides is 7. The minimum absolute atomic E-state index is 0.00753. The van der Waals surface area contributed by atoms with Crippen molar-refractivity contribution < 1.29 is 41.0 Å². The minimum atomic E-state index is -6.02. The lowest BCUT2D eigenvalue weighted by Gasteiger charge is -2.46. The van der Waals surface area contributed by atoms with Crippen molar-refractivity contribution in [1.29, 1.82) is 0 Å². The molecular weight excluding hydrogens is 445 g/mol. The molecule has 0 aromatic carbocycles. The number of halogens is 7. The summed E-state index contributed by atoms with van der Waals surface area (Å²) in [5.74, 6) is -1.19. The van der Waals surface area contributed by atoms with Gasteiger partial charge in [-0.1, -0.05) is 22.6 Å². The number of carbonyl (C=O) groups is 1. The van der Waals surface area contributed by atoms with Crippen LogP contribution in [0.15, 0.2) is 0 Å². The Morgan fingerprint density at radius 3 is 1.78 bits per heavy atom. The summed E-state index contributed by atoms with van der Waals surface area (Å²) >= 11 is 1.78. The fourth-order valence-corrected chi connectivity index (χ4v) is 2.84. The molecular formula is C13H17F6IO3. The zero-order valence-electron chi connectivity index (χ0n) is 12.4. The molecule has 23 heavy (non-hydrogen) atoms. The van der Waals surface area contributed by atoms with Gasteiger partial charge in [0.25, 0.3) is 5.60 Å². The molecule has 0 unspecified atom stereocenters. The quantitative estimate of drug-likeness (QED) is 0.296. The first-order valence-corrected chi connectivity index (χ1v) is 8.32. The van der Waals surface area contributed by atoms with Crippen LogP contribution in [0.5, 0.6) is 0 Å². The van der Waals surface area contributed by atoms with Crippen LogP contribution in [-0.2, 0) is 9.53 Å². The van der Waals surface area contributed by atoms with Crippen molar-refractivity contribution in [3.05, 3.63) is 0 Å². The average Bonchev–Trinajstić information content (AvgIpc) is 2.84. The van der Waals surface area contributed by atoms with Crippen molar-refractivity contribution in [3.8, 4) is 0 Å². The molecule has 1 rings (SSSR count). The van der Waals surface area contributed by atoms with E-state index in [4.69, 9.17) is 4.74 Å². The highest BCUT2D eigenvalue weighted by molar-refractivity contribution is 14.1. The predicted molar refractivity (Wildman–Crippen MR) is 77.0 cm³/mol. The van der Waals surface area contributed by atoms with E-state index in [1.165, 1.54) is 13.8 Å². The van der Waals surface area contributed by atoms with E-state index in [1.807, 2.05) is 0 Å². The lowest BCUT2D eigenvalue weighted by molar-refractivity contribution is -0.412. The lowest BCUT2D eigenvalue weighted by Crippen LogP contribution is -2.71. The first-order chi connectivity index (χ1) is 10.1. The Labute approximate surface area is 142 Å². The van der Waals surface area contributed by atoms with Crippen LogP contribution in [0.1, 0.15) is 39.5 Å². The number of hydrogen-bond donors (Lipinski definition) is 1. The van der Waals surface area contributed by atoms with Crippen LogP contribution in [0, 0.1) is 5.41 Å². The molecule has 0 amide bonds. The summed E-state index contributed by atoms with van der Waals surface area (Å²) in [7, 11) is 0.